The van der Waals surface area contributed by atoms with E-state index in [4.69, 9.17) is 9.47 Å². The first kappa shape index (κ1) is 35.8. The molecule has 0 spiro atoms. The van der Waals surface area contributed by atoms with Gasteiger partial charge < -0.3 is 24.8 Å². The van der Waals surface area contributed by atoms with Crippen molar-refractivity contribution in [2.24, 2.45) is 5.92 Å². The number of carbonyl (C=O) groups excluding carboxylic acids is 3. The highest BCUT2D eigenvalue weighted by Gasteiger charge is 2.26. The van der Waals surface area contributed by atoms with Crippen molar-refractivity contribution in [2.45, 2.75) is 57.7 Å². The van der Waals surface area contributed by atoms with Gasteiger partial charge in [-0.2, -0.15) is 0 Å². The molecule has 0 unspecified atom stereocenters. The average molecular weight is 627 g/mol. The van der Waals surface area contributed by atoms with Gasteiger partial charge in [-0.05, 0) is 54.5 Å². The minimum Gasteiger partial charge on any atom is -0.489 e. The fraction of sp³-hybridized carbons (Fsp3) is 0.342. The van der Waals surface area contributed by atoms with Gasteiger partial charge in [-0.25, -0.2) is 0 Å². The molecule has 0 saturated carbocycles. The molecule has 0 aliphatic carbocycles. The van der Waals surface area contributed by atoms with Gasteiger partial charge in [-0.3, -0.25) is 14.4 Å². The zero-order valence-corrected chi connectivity index (χ0v) is 26.5. The van der Waals surface area contributed by atoms with Gasteiger partial charge in [0.05, 0.1) is 18.6 Å². The van der Waals surface area contributed by atoms with Crippen molar-refractivity contribution in [3.8, 4) is 5.75 Å². The number of amides is 2. The van der Waals surface area contributed by atoms with E-state index >= 15 is 0 Å². The van der Waals surface area contributed by atoms with Crippen molar-refractivity contribution in [3.05, 3.63) is 127 Å². The van der Waals surface area contributed by atoms with Gasteiger partial charge in [-0.15, -0.1) is 13.2 Å². The lowest BCUT2D eigenvalue weighted by Gasteiger charge is -2.26. The van der Waals surface area contributed by atoms with E-state index in [1.807, 2.05) is 84.9 Å². The van der Waals surface area contributed by atoms with E-state index in [9.17, 15) is 19.5 Å². The summed E-state index contributed by atoms with van der Waals surface area (Å²) in [5.74, 6) is -0.872. The molecule has 3 aromatic carbocycles. The van der Waals surface area contributed by atoms with E-state index in [0.29, 0.717) is 38.2 Å². The molecule has 0 radical (unpaired) electrons. The number of hydrogen-bond donors (Lipinski definition) is 2. The molecule has 0 saturated heterocycles. The Kier molecular flexibility index (Phi) is 15.8. The Morgan fingerprint density at radius 2 is 1.54 bits per heavy atom. The number of aliphatic hydroxyl groups excluding tert-OH is 1. The average Bonchev–Trinajstić information content (AvgIpc) is 3.07. The fourth-order valence-electron chi connectivity index (χ4n) is 4.91. The number of hydrogen-bond acceptors (Lipinski definition) is 6. The Balaban J connectivity index is 1.67. The van der Waals surface area contributed by atoms with Crippen molar-refractivity contribution < 1.29 is 29.0 Å². The minimum absolute atomic E-state index is 0.00960. The number of unbranched alkanes of at least 4 members (excludes halogenated alkanes) is 1. The summed E-state index contributed by atoms with van der Waals surface area (Å²) in [6.07, 6.45) is 5.63. The summed E-state index contributed by atoms with van der Waals surface area (Å²) in [6.45, 7) is 8.22. The molecule has 46 heavy (non-hydrogen) atoms. The van der Waals surface area contributed by atoms with Crippen molar-refractivity contribution >= 4 is 17.8 Å². The number of rotatable bonds is 21. The number of nitrogens with zero attached hydrogens (tertiary/aromatic N) is 1. The molecular weight excluding hydrogens is 580 g/mol. The molecule has 0 heterocycles. The van der Waals surface area contributed by atoms with Crippen LogP contribution >= 0.6 is 0 Å². The first-order valence-electron chi connectivity index (χ1n) is 15.8. The number of nitrogens with one attached hydrogen (secondary N) is 1. The first-order chi connectivity index (χ1) is 22.4. The van der Waals surface area contributed by atoms with E-state index in [1.54, 1.807) is 17.1 Å². The van der Waals surface area contributed by atoms with Crippen LogP contribution in [0, 0.1) is 5.92 Å². The van der Waals surface area contributed by atoms with Crippen LogP contribution in [0.1, 0.15) is 48.8 Å². The molecule has 8 heteroatoms. The third kappa shape index (κ3) is 13.1. The molecule has 0 bridgehead atoms. The monoisotopic (exact) mass is 626 g/mol. The maximum Gasteiger partial charge on any atom is 0.305 e. The molecule has 0 aliphatic heterocycles. The second-order valence-electron chi connectivity index (χ2n) is 11.1. The van der Waals surface area contributed by atoms with Gasteiger partial charge in [0, 0.05) is 25.9 Å². The number of allylic oxidation sites excluding steroid dienone is 2. The summed E-state index contributed by atoms with van der Waals surface area (Å²) in [4.78, 5) is 40.9. The molecule has 2 amide bonds. The van der Waals surface area contributed by atoms with E-state index < -0.39 is 12.0 Å². The lowest BCUT2D eigenvalue weighted by Crippen LogP contribution is -2.44. The van der Waals surface area contributed by atoms with Gasteiger partial charge in [-0.1, -0.05) is 84.9 Å². The SMILES string of the molecule is C=CCCCC(=O)OC[C@H](Cc1ccc(OCc2ccccc2)cc1)NC(=O)[C@H](CC=C)CC(=O)N(CCO)Cc1ccccc1. The molecule has 0 aromatic heterocycles. The third-order valence-electron chi connectivity index (χ3n) is 7.42. The Morgan fingerprint density at radius 3 is 2.17 bits per heavy atom. The molecule has 2 atom stereocenters. The lowest BCUT2D eigenvalue weighted by molar-refractivity contribution is -0.145. The molecule has 0 aliphatic rings. The summed E-state index contributed by atoms with van der Waals surface area (Å²) >= 11 is 0. The molecule has 3 aromatic rings. The van der Waals surface area contributed by atoms with E-state index in [0.717, 1.165) is 16.7 Å². The number of carbonyl (C=O) groups is 3. The zero-order chi connectivity index (χ0) is 33.0. The Hall–Kier alpha value is -4.69. The second-order valence-corrected chi connectivity index (χ2v) is 11.1. The largest absolute Gasteiger partial charge is 0.489 e. The molecule has 0 fully saturated rings. The fourth-order valence-corrected chi connectivity index (χ4v) is 4.91. The summed E-state index contributed by atoms with van der Waals surface area (Å²) < 4.78 is 11.5. The highest BCUT2D eigenvalue weighted by atomic mass is 16.5. The van der Waals surface area contributed by atoms with Gasteiger partial charge in [0.2, 0.25) is 11.8 Å². The predicted octanol–water partition coefficient (Wildman–Crippen LogP) is 5.80. The summed E-state index contributed by atoms with van der Waals surface area (Å²) in [5.41, 5.74) is 2.92. The van der Waals surface area contributed by atoms with Crippen LogP contribution in [0.25, 0.3) is 0 Å². The van der Waals surface area contributed by atoms with Crippen molar-refractivity contribution in [2.75, 3.05) is 19.8 Å². The van der Waals surface area contributed by atoms with Gasteiger partial charge in [0.25, 0.3) is 0 Å². The van der Waals surface area contributed by atoms with Crippen LogP contribution in [0.3, 0.4) is 0 Å². The van der Waals surface area contributed by atoms with Crippen LogP contribution in [-0.4, -0.2) is 53.6 Å². The number of esters is 1. The molecular formula is C38H46N2O6. The first-order valence-corrected chi connectivity index (χ1v) is 15.8. The van der Waals surface area contributed by atoms with Crippen molar-refractivity contribution in [1.82, 2.24) is 10.2 Å². The predicted molar refractivity (Wildman–Crippen MR) is 180 cm³/mol. The minimum atomic E-state index is -0.679. The maximum atomic E-state index is 13.6. The van der Waals surface area contributed by atoms with E-state index in [-0.39, 0.29) is 56.8 Å². The lowest BCUT2D eigenvalue weighted by atomic mass is 9.98. The van der Waals surface area contributed by atoms with Gasteiger partial charge in [0.15, 0.2) is 0 Å². The van der Waals surface area contributed by atoms with Crippen LogP contribution < -0.4 is 10.1 Å². The Bertz CT molecular complexity index is 1360. The maximum absolute atomic E-state index is 13.6. The summed E-state index contributed by atoms with van der Waals surface area (Å²) in [7, 11) is 0. The van der Waals surface area contributed by atoms with Gasteiger partial charge in [0.1, 0.15) is 19.0 Å². The van der Waals surface area contributed by atoms with E-state index in [2.05, 4.69) is 18.5 Å². The second kappa shape index (κ2) is 20.4. The van der Waals surface area contributed by atoms with Crippen LogP contribution in [0.2, 0.25) is 0 Å². The molecule has 8 nitrogen and oxygen atoms in total. The number of aliphatic hydroxyl groups is 1. The molecule has 244 valence electrons. The third-order valence-corrected chi connectivity index (χ3v) is 7.42. The Labute approximate surface area is 272 Å². The smallest absolute Gasteiger partial charge is 0.305 e. The highest BCUT2D eigenvalue weighted by molar-refractivity contribution is 5.86. The van der Waals surface area contributed by atoms with Crippen LogP contribution in [0.4, 0.5) is 0 Å². The van der Waals surface area contributed by atoms with Crippen molar-refractivity contribution in [1.29, 1.82) is 0 Å². The topological polar surface area (TPSA) is 105 Å². The van der Waals surface area contributed by atoms with Gasteiger partial charge >= 0.3 is 5.97 Å². The van der Waals surface area contributed by atoms with Crippen molar-refractivity contribution in [3.63, 3.8) is 0 Å². The summed E-state index contributed by atoms with van der Waals surface area (Å²) in [5, 5.41) is 12.6. The molecule has 2 N–H and O–H groups in total. The number of ether oxygens (including phenoxy) is 2. The zero-order valence-electron chi connectivity index (χ0n) is 26.5. The van der Waals surface area contributed by atoms with Crippen LogP contribution in [0.5, 0.6) is 5.75 Å². The van der Waals surface area contributed by atoms with E-state index in [1.165, 1.54) is 0 Å². The standard InChI is InChI=1S/C38H46N2O6/c1-3-5-8-18-37(43)46-29-34(25-30-19-21-35(22-20-30)45-28-32-16-11-7-12-17-32)39-38(44)33(13-4-2)26-36(42)40(23-24-41)27-31-14-9-6-10-15-31/h3-4,6-7,9-12,14-17,19-22,33-34,41H,1-2,5,8,13,18,23-29H2,(H,39,44)/t33-,34+/m1/s1. The quantitative estimate of drug-likeness (QED) is 0.0881. The normalized spacial score (nSPS) is 11.9. The molecule has 3 rings (SSSR count). The number of benzene rings is 3. The van der Waals surface area contributed by atoms with Crippen LogP contribution in [-0.2, 0) is 38.7 Å². The Morgan fingerprint density at radius 1 is 0.870 bits per heavy atom. The van der Waals surface area contributed by atoms with Crippen LogP contribution in [0.15, 0.2) is 110 Å². The summed E-state index contributed by atoms with van der Waals surface area (Å²) in [6, 6.07) is 26.5. The highest BCUT2D eigenvalue weighted by Crippen LogP contribution is 2.18.